The van der Waals surface area contributed by atoms with Crippen LogP contribution in [0.3, 0.4) is 0 Å². The Bertz CT molecular complexity index is 1080. The zero-order valence-electron chi connectivity index (χ0n) is 16.1. The average Bonchev–Trinajstić information content (AvgIpc) is 2.77. The molecule has 7 heteroatoms. The monoisotopic (exact) mass is 468 g/mol. The smallest absolute Gasteiger partial charge is 0.162 e. The van der Waals surface area contributed by atoms with Gasteiger partial charge in [0.2, 0.25) is 0 Å². The van der Waals surface area contributed by atoms with Crippen molar-refractivity contribution in [3.8, 4) is 17.6 Å². The fourth-order valence-corrected chi connectivity index (χ4v) is 3.04. The van der Waals surface area contributed by atoms with E-state index in [9.17, 15) is 4.39 Å². The van der Waals surface area contributed by atoms with Crippen LogP contribution in [0.5, 0.6) is 11.5 Å². The molecule has 3 aromatic carbocycles. The lowest BCUT2D eigenvalue weighted by Crippen LogP contribution is -1.99. The zero-order chi connectivity index (χ0) is 21.3. The molecule has 3 aromatic rings. The first-order valence-electron chi connectivity index (χ1n) is 8.99. The van der Waals surface area contributed by atoms with Crippen molar-refractivity contribution in [1.29, 1.82) is 5.26 Å². The van der Waals surface area contributed by atoms with Gasteiger partial charge < -0.3 is 14.3 Å². The molecule has 0 N–H and O–H groups in total. The summed E-state index contributed by atoms with van der Waals surface area (Å²) < 4.78 is 25.0. The van der Waals surface area contributed by atoms with Gasteiger partial charge in [-0.15, -0.1) is 0 Å². The van der Waals surface area contributed by atoms with E-state index in [4.69, 9.17) is 19.6 Å². The van der Waals surface area contributed by atoms with Crippen molar-refractivity contribution < 1.29 is 18.7 Å². The van der Waals surface area contributed by atoms with E-state index in [-0.39, 0.29) is 19.0 Å². The molecule has 3 rings (SSSR count). The number of methoxy groups -OCH3 is 1. The molecule has 0 aliphatic heterocycles. The van der Waals surface area contributed by atoms with E-state index in [1.807, 2.05) is 12.1 Å². The highest BCUT2D eigenvalue weighted by atomic mass is 79.9. The van der Waals surface area contributed by atoms with E-state index in [1.165, 1.54) is 12.1 Å². The second-order valence-corrected chi connectivity index (χ2v) is 7.07. The minimum Gasteiger partial charge on any atom is -0.493 e. The maximum absolute atomic E-state index is 13.0. The second kappa shape index (κ2) is 10.4. The first-order valence-corrected chi connectivity index (χ1v) is 9.78. The first-order chi connectivity index (χ1) is 14.6. The summed E-state index contributed by atoms with van der Waals surface area (Å²) in [4.78, 5) is 5.33. The van der Waals surface area contributed by atoms with E-state index < -0.39 is 0 Å². The molecule has 5 nitrogen and oxygen atoms in total. The summed E-state index contributed by atoms with van der Waals surface area (Å²) in [5.74, 6) is 0.771. The van der Waals surface area contributed by atoms with Crippen molar-refractivity contribution in [3.05, 3.63) is 93.2 Å². The zero-order valence-corrected chi connectivity index (χ0v) is 17.7. The molecular formula is C23H18BrFN2O3. The van der Waals surface area contributed by atoms with E-state index in [0.717, 1.165) is 21.2 Å². The van der Waals surface area contributed by atoms with E-state index in [1.54, 1.807) is 49.7 Å². The average molecular weight is 469 g/mol. The van der Waals surface area contributed by atoms with Gasteiger partial charge in [-0.25, -0.2) is 4.39 Å². The molecule has 0 heterocycles. The normalized spacial score (nSPS) is 10.6. The van der Waals surface area contributed by atoms with Gasteiger partial charge in [-0.1, -0.05) is 35.5 Å². The number of benzene rings is 3. The van der Waals surface area contributed by atoms with Crippen LogP contribution < -0.4 is 9.47 Å². The number of ether oxygens (including phenoxy) is 2. The molecule has 0 saturated heterocycles. The van der Waals surface area contributed by atoms with Gasteiger partial charge in [0.15, 0.2) is 11.5 Å². The number of rotatable bonds is 8. The number of nitrogens with zero attached hydrogens (tertiary/aromatic N) is 2. The Morgan fingerprint density at radius 3 is 2.57 bits per heavy atom. The minimum atomic E-state index is -0.291. The van der Waals surface area contributed by atoms with Crippen molar-refractivity contribution >= 4 is 22.1 Å². The van der Waals surface area contributed by atoms with Crippen molar-refractivity contribution in [2.75, 3.05) is 7.11 Å². The number of hydrogen-bond acceptors (Lipinski definition) is 5. The SMILES string of the molecule is COc1cc(/C=N\OCc2ccccc2C#N)c(Br)cc1OCc1ccc(F)cc1. The Hall–Kier alpha value is -3.37. The van der Waals surface area contributed by atoms with Crippen molar-refractivity contribution in [3.63, 3.8) is 0 Å². The fraction of sp³-hybridized carbons (Fsp3) is 0.130. The third-order valence-corrected chi connectivity index (χ3v) is 4.90. The number of hydrogen-bond donors (Lipinski definition) is 0. The van der Waals surface area contributed by atoms with Crippen molar-refractivity contribution in [1.82, 2.24) is 0 Å². The first kappa shape index (κ1) is 21.3. The third kappa shape index (κ3) is 5.58. The second-order valence-electron chi connectivity index (χ2n) is 6.22. The molecule has 0 amide bonds. The Kier molecular flexibility index (Phi) is 7.41. The van der Waals surface area contributed by atoms with Crippen LogP contribution in [0, 0.1) is 17.1 Å². The predicted molar refractivity (Wildman–Crippen MR) is 115 cm³/mol. The molecule has 0 unspecified atom stereocenters. The standard InChI is InChI=1S/C23H18BrFN2O3/c1-28-22-10-19(13-27-30-15-18-5-3-2-4-17(18)12-26)21(24)11-23(22)29-14-16-6-8-20(25)9-7-16/h2-11,13H,14-15H2,1H3/b27-13-. The third-order valence-electron chi connectivity index (χ3n) is 4.21. The molecule has 0 aliphatic carbocycles. The number of oxime groups is 1. The topological polar surface area (TPSA) is 63.8 Å². The van der Waals surface area contributed by atoms with E-state index in [2.05, 4.69) is 27.2 Å². The Morgan fingerprint density at radius 1 is 1.07 bits per heavy atom. The fourth-order valence-electron chi connectivity index (χ4n) is 2.62. The Morgan fingerprint density at radius 2 is 1.83 bits per heavy atom. The Labute approximate surface area is 182 Å². The minimum absolute atomic E-state index is 0.188. The largest absolute Gasteiger partial charge is 0.493 e. The van der Waals surface area contributed by atoms with Crippen LogP contribution in [0.15, 0.2) is 70.3 Å². The van der Waals surface area contributed by atoms with Crippen LogP contribution in [-0.2, 0) is 18.1 Å². The highest BCUT2D eigenvalue weighted by Gasteiger charge is 2.10. The maximum atomic E-state index is 13.0. The summed E-state index contributed by atoms with van der Waals surface area (Å²) in [7, 11) is 1.55. The molecule has 0 aromatic heterocycles. The molecule has 30 heavy (non-hydrogen) atoms. The van der Waals surface area contributed by atoms with Gasteiger partial charge in [0, 0.05) is 15.6 Å². The lowest BCUT2D eigenvalue weighted by molar-refractivity contribution is 0.132. The molecule has 0 fully saturated rings. The number of nitriles is 1. The van der Waals surface area contributed by atoms with Crippen LogP contribution in [0.4, 0.5) is 4.39 Å². The van der Waals surface area contributed by atoms with Crippen molar-refractivity contribution in [2.24, 2.45) is 5.16 Å². The van der Waals surface area contributed by atoms with Crippen molar-refractivity contribution in [2.45, 2.75) is 13.2 Å². The maximum Gasteiger partial charge on any atom is 0.162 e. The molecular weight excluding hydrogens is 451 g/mol. The molecule has 0 radical (unpaired) electrons. The molecule has 0 bridgehead atoms. The molecule has 0 aliphatic rings. The predicted octanol–water partition coefficient (Wildman–Crippen LogP) is 5.60. The highest BCUT2D eigenvalue weighted by Crippen LogP contribution is 2.33. The summed E-state index contributed by atoms with van der Waals surface area (Å²) >= 11 is 3.49. The summed E-state index contributed by atoms with van der Waals surface area (Å²) in [6.07, 6.45) is 1.55. The van der Waals surface area contributed by atoms with Gasteiger partial charge in [-0.3, -0.25) is 0 Å². The van der Waals surface area contributed by atoms with Gasteiger partial charge in [0.05, 0.1) is 25.0 Å². The van der Waals surface area contributed by atoms with Crippen LogP contribution in [0.1, 0.15) is 22.3 Å². The van der Waals surface area contributed by atoms with Crippen LogP contribution in [0.2, 0.25) is 0 Å². The molecule has 152 valence electrons. The van der Waals surface area contributed by atoms with Gasteiger partial charge in [-0.2, -0.15) is 5.26 Å². The van der Waals surface area contributed by atoms with E-state index in [0.29, 0.717) is 17.1 Å². The van der Waals surface area contributed by atoms with Crippen LogP contribution >= 0.6 is 15.9 Å². The lowest BCUT2D eigenvalue weighted by atomic mass is 10.1. The van der Waals surface area contributed by atoms with Crippen LogP contribution in [0.25, 0.3) is 0 Å². The highest BCUT2D eigenvalue weighted by molar-refractivity contribution is 9.10. The van der Waals surface area contributed by atoms with Crippen LogP contribution in [-0.4, -0.2) is 13.3 Å². The van der Waals surface area contributed by atoms with Gasteiger partial charge in [0.1, 0.15) is 19.0 Å². The lowest BCUT2D eigenvalue weighted by Gasteiger charge is -2.12. The van der Waals surface area contributed by atoms with Gasteiger partial charge in [-0.05, 0) is 51.8 Å². The quantitative estimate of drug-likeness (QED) is 0.318. The summed E-state index contributed by atoms with van der Waals surface area (Å²) in [6, 6.07) is 19.0. The van der Waals surface area contributed by atoms with Gasteiger partial charge >= 0.3 is 0 Å². The van der Waals surface area contributed by atoms with E-state index >= 15 is 0 Å². The summed E-state index contributed by atoms with van der Waals surface area (Å²) in [6.45, 7) is 0.464. The molecule has 0 atom stereocenters. The Balaban J connectivity index is 1.66. The number of halogens is 2. The molecule has 0 spiro atoms. The summed E-state index contributed by atoms with van der Waals surface area (Å²) in [5, 5.41) is 13.1. The summed E-state index contributed by atoms with van der Waals surface area (Å²) in [5.41, 5.74) is 2.89. The van der Waals surface area contributed by atoms with Gasteiger partial charge in [0.25, 0.3) is 0 Å². The molecule has 0 saturated carbocycles.